The summed E-state index contributed by atoms with van der Waals surface area (Å²) >= 11 is 0. The Morgan fingerprint density at radius 2 is 2.05 bits per heavy atom. The molecule has 0 saturated heterocycles. The summed E-state index contributed by atoms with van der Waals surface area (Å²) in [5, 5.41) is 10.6. The summed E-state index contributed by atoms with van der Waals surface area (Å²) in [5.74, 6) is -0.202. The van der Waals surface area contributed by atoms with Gasteiger partial charge in [-0.25, -0.2) is 4.98 Å². The summed E-state index contributed by atoms with van der Waals surface area (Å²) in [7, 11) is 0. The number of fused-ring (bicyclic) bond motifs is 1. The van der Waals surface area contributed by atoms with Crippen molar-refractivity contribution >= 4 is 28.3 Å². The van der Waals surface area contributed by atoms with E-state index in [-0.39, 0.29) is 5.91 Å². The molecule has 4 N–H and O–H groups in total. The Morgan fingerprint density at radius 3 is 2.80 bits per heavy atom. The number of carbonyl (C=O) groups is 1. The van der Waals surface area contributed by atoms with Crippen LogP contribution in [-0.2, 0) is 0 Å². The maximum absolute atomic E-state index is 12.1. The van der Waals surface area contributed by atoms with Crippen LogP contribution in [0, 0.1) is 6.92 Å². The van der Waals surface area contributed by atoms with E-state index in [2.05, 4.69) is 20.5 Å². The number of nitrogens with two attached hydrogens (primary N) is 1. The molecular weight excluding hydrogens is 254 g/mol. The number of nitrogens with zero attached hydrogens (tertiary/aromatic N) is 2. The first-order valence-corrected chi connectivity index (χ1v) is 6.11. The van der Waals surface area contributed by atoms with Crippen LogP contribution < -0.4 is 11.1 Å². The maximum atomic E-state index is 12.1. The Hall–Kier alpha value is -2.89. The normalized spacial score (nSPS) is 10.7. The van der Waals surface area contributed by atoms with E-state index in [9.17, 15) is 4.79 Å². The number of pyridine rings is 1. The van der Waals surface area contributed by atoms with E-state index in [4.69, 9.17) is 5.73 Å². The Kier molecular flexibility index (Phi) is 2.83. The third-order valence-corrected chi connectivity index (χ3v) is 3.03. The SMILES string of the molecule is Cc1[nH]nc2ncc(NC(=O)c3ccc(N)cc3)cc12. The minimum Gasteiger partial charge on any atom is -0.399 e. The van der Waals surface area contributed by atoms with Gasteiger partial charge < -0.3 is 11.1 Å². The summed E-state index contributed by atoms with van der Waals surface area (Å²) in [6, 6.07) is 8.59. The van der Waals surface area contributed by atoms with Gasteiger partial charge in [0.05, 0.1) is 11.9 Å². The summed E-state index contributed by atoms with van der Waals surface area (Å²) < 4.78 is 0. The number of amides is 1. The maximum Gasteiger partial charge on any atom is 0.255 e. The molecule has 0 radical (unpaired) electrons. The molecule has 0 fully saturated rings. The van der Waals surface area contributed by atoms with Gasteiger partial charge in [-0.3, -0.25) is 9.89 Å². The number of carbonyl (C=O) groups excluding carboxylic acids is 1. The third-order valence-electron chi connectivity index (χ3n) is 3.03. The number of nitrogens with one attached hydrogen (secondary N) is 2. The Balaban J connectivity index is 1.86. The first kappa shape index (κ1) is 12.2. The Labute approximate surface area is 115 Å². The summed E-state index contributed by atoms with van der Waals surface area (Å²) in [6.45, 7) is 1.91. The first-order valence-electron chi connectivity index (χ1n) is 6.11. The number of hydrogen-bond acceptors (Lipinski definition) is 4. The molecule has 3 aromatic rings. The van der Waals surface area contributed by atoms with Crippen molar-refractivity contribution < 1.29 is 4.79 Å². The molecular formula is C14H13N5O. The molecule has 6 nitrogen and oxygen atoms in total. The topological polar surface area (TPSA) is 96.7 Å². The van der Waals surface area contributed by atoms with Crippen LogP contribution >= 0.6 is 0 Å². The van der Waals surface area contributed by atoms with Crippen molar-refractivity contribution in [3.63, 3.8) is 0 Å². The van der Waals surface area contributed by atoms with Crippen LogP contribution in [-0.4, -0.2) is 21.1 Å². The van der Waals surface area contributed by atoms with Gasteiger partial charge in [0.2, 0.25) is 0 Å². The number of aromatic nitrogens is 3. The predicted octanol–water partition coefficient (Wildman–Crippen LogP) is 2.10. The second kappa shape index (κ2) is 4.65. The highest BCUT2D eigenvalue weighted by atomic mass is 16.1. The van der Waals surface area contributed by atoms with E-state index >= 15 is 0 Å². The zero-order chi connectivity index (χ0) is 14.1. The van der Waals surface area contributed by atoms with Gasteiger partial charge >= 0.3 is 0 Å². The highest BCUT2D eigenvalue weighted by molar-refractivity contribution is 6.05. The van der Waals surface area contributed by atoms with E-state index in [1.165, 1.54) is 0 Å². The number of H-pyrrole nitrogens is 1. The average Bonchev–Trinajstić information content (AvgIpc) is 2.81. The molecule has 6 heteroatoms. The third kappa shape index (κ3) is 2.18. The highest BCUT2D eigenvalue weighted by Crippen LogP contribution is 2.18. The summed E-state index contributed by atoms with van der Waals surface area (Å²) in [6.07, 6.45) is 1.58. The van der Waals surface area contributed by atoms with Gasteiger partial charge in [0, 0.05) is 22.3 Å². The van der Waals surface area contributed by atoms with Crippen LogP contribution in [0.15, 0.2) is 36.5 Å². The lowest BCUT2D eigenvalue weighted by molar-refractivity contribution is 0.102. The van der Waals surface area contributed by atoms with E-state index in [1.807, 2.05) is 13.0 Å². The quantitative estimate of drug-likeness (QED) is 0.619. The van der Waals surface area contributed by atoms with Crippen molar-refractivity contribution in [2.45, 2.75) is 6.92 Å². The standard InChI is InChI=1S/C14H13N5O/c1-8-12-6-11(7-16-13(12)19-18-8)17-14(20)9-2-4-10(15)5-3-9/h2-7H,15H2,1H3,(H,17,20)(H,16,18,19). The molecule has 1 aromatic carbocycles. The van der Waals surface area contributed by atoms with E-state index in [0.717, 1.165) is 11.1 Å². The molecule has 0 aliphatic carbocycles. The van der Waals surface area contributed by atoms with E-state index in [1.54, 1.807) is 30.5 Å². The summed E-state index contributed by atoms with van der Waals surface area (Å²) in [4.78, 5) is 16.3. The molecule has 100 valence electrons. The number of hydrogen-bond donors (Lipinski definition) is 3. The molecule has 0 aliphatic rings. The van der Waals surface area contributed by atoms with Gasteiger partial charge in [-0.2, -0.15) is 5.10 Å². The molecule has 0 bridgehead atoms. The monoisotopic (exact) mass is 267 g/mol. The van der Waals surface area contributed by atoms with Crippen LogP contribution in [0.1, 0.15) is 16.1 Å². The molecule has 2 heterocycles. The second-order valence-electron chi connectivity index (χ2n) is 4.52. The number of anilines is 2. The van der Waals surface area contributed by atoms with Gasteiger partial charge in [-0.15, -0.1) is 0 Å². The van der Waals surface area contributed by atoms with Crippen molar-refractivity contribution in [2.75, 3.05) is 11.1 Å². The number of aromatic amines is 1. The Morgan fingerprint density at radius 1 is 1.30 bits per heavy atom. The van der Waals surface area contributed by atoms with Crippen LogP contribution in [0.2, 0.25) is 0 Å². The fraction of sp³-hybridized carbons (Fsp3) is 0.0714. The van der Waals surface area contributed by atoms with Gasteiger partial charge in [-0.05, 0) is 37.3 Å². The minimum atomic E-state index is -0.202. The molecule has 2 aromatic heterocycles. The van der Waals surface area contributed by atoms with E-state index < -0.39 is 0 Å². The van der Waals surface area contributed by atoms with Crippen LogP contribution in [0.5, 0.6) is 0 Å². The fourth-order valence-electron chi connectivity index (χ4n) is 1.93. The lowest BCUT2D eigenvalue weighted by atomic mass is 10.2. The van der Waals surface area contributed by atoms with Crippen LogP contribution in [0.25, 0.3) is 11.0 Å². The van der Waals surface area contributed by atoms with Crippen LogP contribution in [0.4, 0.5) is 11.4 Å². The van der Waals surface area contributed by atoms with E-state index in [0.29, 0.717) is 22.6 Å². The zero-order valence-electron chi connectivity index (χ0n) is 10.8. The van der Waals surface area contributed by atoms with Gasteiger partial charge in [-0.1, -0.05) is 0 Å². The van der Waals surface area contributed by atoms with Gasteiger partial charge in [0.1, 0.15) is 0 Å². The van der Waals surface area contributed by atoms with Crippen LogP contribution in [0.3, 0.4) is 0 Å². The Bertz CT molecular complexity index is 776. The molecule has 20 heavy (non-hydrogen) atoms. The lowest BCUT2D eigenvalue weighted by Crippen LogP contribution is -2.12. The highest BCUT2D eigenvalue weighted by Gasteiger charge is 2.08. The molecule has 0 unspecified atom stereocenters. The molecule has 3 rings (SSSR count). The summed E-state index contributed by atoms with van der Waals surface area (Å²) in [5.41, 5.74) is 8.94. The van der Waals surface area contributed by atoms with Crippen molar-refractivity contribution in [3.05, 3.63) is 47.8 Å². The zero-order valence-corrected chi connectivity index (χ0v) is 10.8. The molecule has 0 atom stereocenters. The molecule has 0 spiro atoms. The average molecular weight is 267 g/mol. The van der Waals surface area contributed by atoms with Crippen molar-refractivity contribution in [1.29, 1.82) is 0 Å². The number of rotatable bonds is 2. The fourth-order valence-corrected chi connectivity index (χ4v) is 1.93. The van der Waals surface area contributed by atoms with Gasteiger partial charge in [0.25, 0.3) is 5.91 Å². The first-order chi connectivity index (χ1) is 9.63. The predicted molar refractivity (Wildman–Crippen MR) is 77.4 cm³/mol. The van der Waals surface area contributed by atoms with Crippen molar-refractivity contribution in [2.24, 2.45) is 0 Å². The minimum absolute atomic E-state index is 0.202. The largest absolute Gasteiger partial charge is 0.399 e. The van der Waals surface area contributed by atoms with Gasteiger partial charge in [0.15, 0.2) is 5.65 Å². The molecule has 0 saturated carbocycles. The molecule has 0 aliphatic heterocycles. The number of nitrogen functional groups attached to an aromatic ring is 1. The number of benzene rings is 1. The second-order valence-corrected chi connectivity index (χ2v) is 4.52. The van der Waals surface area contributed by atoms with Crippen molar-refractivity contribution in [3.8, 4) is 0 Å². The lowest BCUT2D eigenvalue weighted by Gasteiger charge is -2.05. The number of aryl methyl sites for hydroxylation is 1. The smallest absolute Gasteiger partial charge is 0.255 e. The van der Waals surface area contributed by atoms with Crippen molar-refractivity contribution in [1.82, 2.24) is 15.2 Å². The molecule has 1 amide bonds.